The van der Waals surface area contributed by atoms with Crippen LogP contribution in [0.3, 0.4) is 0 Å². The Labute approximate surface area is 101 Å². The van der Waals surface area contributed by atoms with E-state index in [1.54, 1.807) is 0 Å². The largest absolute Gasteiger partial charge is 0.475 e. The minimum absolute atomic E-state index is 0.0207. The SMILES string of the molecule is Cc1cc(CC(=O)C(=O)O)c(C)n1CC(C)C. The number of carbonyl (C=O) groups excluding carboxylic acids is 1. The van der Waals surface area contributed by atoms with Gasteiger partial charge in [0, 0.05) is 24.4 Å². The Hall–Kier alpha value is -1.58. The maximum Gasteiger partial charge on any atom is 0.372 e. The number of aryl methyl sites for hydroxylation is 1. The predicted molar refractivity (Wildman–Crippen MR) is 65.1 cm³/mol. The van der Waals surface area contributed by atoms with Gasteiger partial charge in [0.15, 0.2) is 0 Å². The van der Waals surface area contributed by atoms with Crippen LogP contribution < -0.4 is 0 Å². The van der Waals surface area contributed by atoms with Gasteiger partial charge in [-0.05, 0) is 31.4 Å². The molecule has 0 aromatic carbocycles. The first-order chi connectivity index (χ1) is 7.82. The molecule has 17 heavy (non-hydrogen) atoms. The quantitative estimate of drug-likeness (QED) is 0.796. The lowest BCUT2D eigenvalue weighted by atomic mass is 10.1. The zero-order chi connectivity index (χ0) is 13.2. The van der Waals surface area contributed by atoms with Crippen molar-refractivity contribution in [1.82, 2.24) is 4.57 Å². The van der Waals surface area contributed by atoms with Crippen LogP contribution in [0, 0.1) is 19.8 Å². The first kappa shape index (κ1) is 13.5. The van der Waals surface area contributed by atoms with Gasteiger partial charge in [0.05, 0.1) is 0 Å². The van der Waals surface area contributed by atoms with Gasteiger partial charge in [-0.3, -0.25) is 4.79 Å². The predicted octanol–water partition coefficient (Wildman–Crippen LogP) is 1.96. The van der Waals surface area contributed by atoms with Gasteiger partial charge in [-0.2, -0.15) is 0 Å². The molecular weight excluding hydrogens is 218 g/mol. The van der Waals surface area contributed by atoms with Crippen molar-refractivity contribution in [3.8, 4) is 0 Å². The maximum absolute atomic E-state index is 11.2. The van der Waals surface area contributed by atoms with E-state index in [9.17, 15) is 9.59 Å². The minimum atomic E-state index is -1.36. The number of nitrogens with zero attached hydrogens (tertiary/aromatic N) is 1. The summed E-state index contributed by atoms with van der Waals surface area (Å²) in [7, 11) is 0. The maximum atomic E-state index is 11.2. The molecule has 0 aliphatic carbocycles. The van der Waals surface area contributed by atoms with Crippen LogP contribution in [0.15, 0.2) is 6.07 Å². The molecule has 1 N–H and O–H groups in total. The van der Waals surface area contributed by atoms with Crippen LogP contribution in [0.2, 0.25) is 0 Å². The van der Waals surface area contributed by atoms with Crippen molar-refractivity contribution in [1.29, 1.82) is 0 Å². The van der Waals surface area contributed by atoms with E-state index in [1.165, 1.54) is 0 Å². The molecule has 0 amide bonds. The normalized spacial score (nSPS) is 10.9. The number of aromatic nitrogens is 1. The van der Waals surface area contributed by atoms with Gasteiger partial charge in [-0.25, -0.2) is 4.79 Å². The van der Waals surface area contributed by atoms with Gasteiger partial charge in [0.2, 0.25) is 5.78 Å². The van der Waals surface area contributed by atoms with Crippen LogP contribution in [0.5, 0.6) is 0 Å². The van der Waals surface area contributed by atoms with Crippen LogP contribution in [0.1, 0.15) is 30.8 Å². The van der Waals surface area contributed by atoms with Crippen molar-refractivity contribution in [2.75, 3.05) is 0 Å². The third-order valence-electron chi connectivity index (χ3n) is 2.82. The van der Waals surface area contributed by atoms with E-state index in [0.717, 1.165) is 23.5 Å². The first-order valence-corrected chi connectivity index (χ1v) is 5.74. The highest BCUT2D eigenvalue weighted by molar-refractivity contribution is 6.33. The monoisotopic (exact) mass is 237 g/mol. The Balaban J connectivity index is 2.96. The van der Waals surface area contributed by atoms with E-state index in [4.69, 9.17) is 5.11 Å². The van der Waals surface area contributed by atoms with Gasteiger partial charge in [-0.1, -0.05) is 13.8 Å². The summed E-state index contributed by atoms with van der Waals surface area (Å²) in [6, 6.07) is 1.90. The summed E-state index contributed by atoms with van der Waals surface area (Å²) in [4.78, 5) is 21.7. The highest BCUT2D eigenvalue weighted by Crippen LogP contribution is 2.17. The molecule has 0 saturated heterocycles. The molecule has 4 heteroatoms. The highest BCUT2D eigenvalue weighted by atomic mass is 16.4. The summed E-state index contributed by atoms with van der Waals surface area (Å²) in [5, 5.41) is 8.60. The molecule has 0 spiro atoms. The molecule has 94 valence electrons. The fraction of sp³-hybridized carbons (Fsp3) is 0.538. The summed E-state index contributed by atoms with van der Waals surface area (Å²) >= 11 is 0. The van der Waals surface area contributed by atoms with Crippen molar-refractivity contribution < 1.29 is 14.7 Å². The van der Waals surface area contributed by atoms with Crippen molar-refractivity contribution in [2.45, 2.75) is 40.7 Å². The molecule has 0 aliphatic heterocycles. The van der Waals surface area contributed by atoms with Crippen LogP contribution in [-0.4, -0.2) is 21.4 Å². The number of carbonyl (C=O) groups is 2. The number of rotatable bonds is 5. The Bertz CT molecular complexity index is 444. The number of hydrogen-bond acceptors (Lipinski definition) is 2. The third-order valence-corrected chi connectivity index (χ3v) is 2.82. The van der Waals surface area contributed by atoms with E-state index in [1.807, 2.05) is 19.9 Å². The molecule has 0 aliphatic rings. The zero-order valence-electron chi connectivity index (χ0n) is 10.8. The molecule has 0 bridgehead atoms. The number of aliphatic carboxylic acids is 1. The Kier molecular flexibility index (Phi) is 4.10. The molecule has 4 nitrogen and oxygen atoms in total. The molecule has 1 aromatic heterocycles. The van der Waals surface area contributed by atoms with Crippen LogP contribution >= 0.6 is 0 Å². The molecule has 1 heterocycles. The van der Waals surface area contributed by atoms with Crippen LogP contribution in [0.4, 0.5) is 0 Å². The van der Waals surface area contributed by atoms with Crippen molar-refractivity contribution >= 4 is 11.8 Å². The van der Waals surface area contributed by atoms with E-state index in [0.29, 0.717) is 5.92 Å². The zero-order valence-corrected chi connectivity index (χ0v) is 10.8. The lowest BCUT2D eigenvalue weighted by Gasteiger charge is -2.12. The van der Waals surface area contributed by atoms with Crippen molar-refractivity contribution in [2.24, 2.45) is 5.92 Å². The van der Waals surface area contributed by atoms with E-state index in [2.05, 4.69) is 18.4 Å². The lowest BCUT2D eigenvalue weighted by Crippen LogP contribution is -2.15. The summed E-state index contributed by atoms with van der Waals surface area (Å²) in [5.74, 6) is -1.60. The average Bonchev–Trinajstić information content (AvgIpc) is 2.45. The second kappa shape index (κ2) is 5.17. The highest BCUT2D eigenvalue weighted by Gasteiger charge is 2.17. The molecular formula is C13H19NO3. The second-order valence-corrected chi connectivity index (χ2v) is 4.81. The fourth-order valence-electron chi connectivity index (χ4n) is 1.95. The minimum Gasteiger partial charge on any atom is -0.475 e. The summed E-state index contributed by atoms with van der Waals surface area (Å²) in [6.07, 6.45) is -0.0207. The number of hydrogen-bond donors (Lipinski definition) is 1. The second-order valence-electron chi connectivity index (χ2n) is 4.81. The van der Waals surface area contributed by atoms with Gasteiger partial charge in [0.1, 0.15) is 0 Å². The third kappa shape index (κ3) is 3.19. The summed E-state index contributed by atoms with van der Waals surface area (Å²) < 4.78 is 2.13. The van der Waals surface area contributed by atoms with E-state index < -0.39 is 11.8 Å². The fourth-order valence-corrected chi connectivity index (χ4v) is 1.95. The smallest absolute Gasteiger partial charge is 0.372 e. The summed E-state index contributed by atoms with van der Waals surface area (Å²) in [6.45, 7) is 9.05. The Morgan fingerprint density at radius 3 is 2.41 bits per heavy atom. The van der Waals surface area contributed by atoms with Gasteiger partial charge in [0.25, 0.3) is 0 Å². The number of Topliss-reactive ketones (excluding diaryl/α,β-unsaturated/α-hetero) is 1. The van der Waals surface area contributed by atoms with Crippen molar-refractivity contribution in [3.05, 3.63) is 23.0 Å². The molecule has 0 atom stereocenters. The van der Waals surface area contributed by atoms with Crippen LogP contribution in [0.25, 0.3) is 0 Å². The first-order valence-electron chi connectivity index (χ1n) is 5.74. The standard InChI is InChI=1S/C13H19NO3/c1-8(2)7-14-9(3)5-11(10(14)4)6-12(15)13(16)17/h5,8H,6-7H2,1-4H3,(H,16,17). The van der Waals surface area contributed by atoms with Crippen LogP contribution in [-0.2, 0) is 22.6 Å². The molecule has 0 unspecified atom stereocenters. The molecule has 0 radical (unpaired) electrons. The Morgan fingerprint density at radius 1 is 1.35 bits per heavy atom. The van der Waals surface area contributed by atoms with Gasteiger partial charge < -0.3 is 9.67 Å². The lowest BCUT2D eigenvalue weighted by molar-refractivity contribution is -0.148. The number of carboxylic acid groups (broad SMARTS) is 1. The number of carboxylic acids is 1. The topological polar surface area (TPSA) is 59.3 Å². The summed E-state index contributed by atoms with van der Waals surface area (Å²) in [5.41, 5.74) is 2.88. The Morgan fingerprint density at radius 2 is 1.94 bits per heavy atom. The van der Waals surface area contributed by atoms with Gasteiger partial charge in [-0.15, -0.1) is 0 Å². The van der Waals surface area contributed by atoms with E-state index >= 15 is 0 Å². The molecule has 0 fully saturated rings. The molecule has 1 aromatic rings. The number of ketones is 1. The van der Waals surface area contributed by atoms with E-state index in [-0.39, 0.29) is 6.42 Å². The average molecular weight is 237 g/mol. The van der Waals surface area contributed by atoms with Crippen molar-refractivity contribution in [3.63, 3.8) is 0 Å². The van der Waals surface area contributed by atoms with Gasteiger partial charge >= 0.3 is 5.97 Å². The molecule has 0 saturated carbocycles. The molecule has 1 rings (SSSR count).